The number of methoxy groups -OCH3 is 2. The number of aromatic nitrogens is 1. The van der Waals surface area contributed by atoms with Crippen LogP contribution in [0.3, 0.4) is 0 Å². The van der Waals surface area contributed by atoms with Crippen molar-refractivity contribution in [1.29, 1.82) is 0 Å². The second kappa shape index (κ2) is 9.46. The first-order valence-corrected chi connectivity index (χ1v) is 10.7. The summed E-state index contributed by atoms with van der Waals surface area (Å²) in [6, 6.07) is 14.4. The van der Waals surface area contributed by atoms with Gasteiger partial charge in [-0.15, -0.1) is 0 Å². The summed E-state index contributed by atoms with van der Waals surface area (Å²) in [5.74, 6) is -0.333. The number of fused-ring (bicyclic) bond motifs is 1. The van der Waals surface area contributed by atoms with Crippen LogP contribution in [0.4, 0.5) is 0 Å². The Bertz CT molecular complexity index is 1250. The van der Waals surface area contributed by atoms with Crippen LogP contribution in [0.25, 0.3) is 10.9 Å². The summed E-state index contributed by atoms with van der Waals surface area (Å²) in [6.07, 6.45) is -0.0368. The summed E-state index contributed by atoms with van der Waals surface area (Å²) >= 11 is 6.60. The van der Waals surface area contributed by atoms with Gasteiger partial charge in [0.1, 0.15) is 22.2 Å². The Morgan fingerprint density at radius 1 is 1.12 bits per heavy atom. The van der Waals surface area contributed by atoms with Crippen LogP contribution in [-0.4, -0.2) is 46.9 Å². The number of hydrogen-bond donors (Lipinski definition) is 1. The van der Waals surface area contributed by atoms with Crippen LogP contribution in [0, 0.1) is 0 Å². The van der Waals surface area contributed by atoms with Crippen molar-refractivity contribution < 1.29 is 24.2 Å². The van der Waals surface area contributed by atoms with Crippen LogP contribution in [0.5, 0.6) is 11.5 Å². The predicted molar refractivity (Wildman–Crippen MR) is 124 cm³/mol. The minimum absolute atomic E-state index is 0.169. The fourth-order valence-corrected chi connectivity index (χ4v) is 4.11. The molecular weight excluding hydrogens is 446 g/mol. The van der Waals surface area contributed by atoms with E-state index in [0.717, 1.165) is 10.9 Å². The average molecular weight is 468 g/mol. The Kier molecular flexibility index (Phi) is 6.46. The highest BCUT2D eigenvalue weighted by Gasteiger charge is 2.35. The van der Waals surface area contributed by atoms with E-state index in [0.29, 0.717) is 34.7 Å². The zero-order chi connectivity index (χ0) is 23.5. The maximum absolute atomic E-state index is 12.9. The molecule has 4 rings (SSSR count). The number of ether oxygens (including phenoxy) is 2. The fourth-order valence-electron chi connectivity index (χ4n) is 3.85. The lowest BCUT2D eigenvalue weighted by molar-refractivity contribution is -0.141. The van der Waals surface area contributed by atoms with Gasteiger partial charge in [-0.05, 0) is 17.7 Å². The quantitative estimate of drug-likeness (QED) is 0.515. The molecule has 0 radical (unpaired) electrons. The monoisotopic (exact) mass is 467 g/mol. The summed E-state index contributed by atoms with van der Waals surface area (Å²) < 4.78 is 10.8. The number of carbonyl (C=O) groups is 2. The molecular formula is C24H22ClN3O5. The fraction of sp³-hybridized carbons (Fsp3) is 0.250. The molecule has 1 N–H and O–H groups in total. The average Bonchev–Trinajstić information content (AvgIpc) is 3.27. The molecule has 2 heterocycles. The van der Waals surface area contributed by atoms with Gasteiger partial charge in [-0.1, -0.05) is 41.9 Å². The molecule has 0 unspecified atom stereocenters. The van der Waals surface area contributed by atoms with Crippen LogP contribution in [0.15, 0.2) is 53.6 Å². The van der Waals surface area contributed by atoms with Crippen LogP contribution < -0.4 is 9.47 Å². The van der Waals surface area contributed by atoms with Crippen molar-refractivity contribution in [2.24, 2.45) is 5.10 Å². The first kappa shape index (κ1) is 22.5. The largest absolute Gasteiger partial charge is 0.497 e. The minimum atomic E-state index is -1.05. The molecule has 2 aromatic carbocycles. The summed E-state index contributed by atoms with van der Waals surface area (Å²) in [6.45, 7) is 0. The maximum atomic E-state index is 12.9. The van der Waals surface area contributed by atoms with Crippen molar-refractivity contribution >= 4 is 40.1 Å². The Morgan fingerprint density at radius 2 is 1.88 bits per heavy atom. The smallest absolute Gasteiger partial charge is 0.303 e. The van der Waals surface area contributed by atoms with Gasteiger partial charge < -0.3 is 14.6 Å². The van der Waals surface area contributed by atoms with Crippen molar-refractivity contribution in [3.05, 3.63) is 64.8 Å². The van der Waals surface area contributed by atoms with Crippen molar-refractivity contribution in [1.82, 2.24) is 9.99 Å². The lowest BCUT2D eigenvalue weighted by atomic mass is 9.98. The molecule has 0 fully saturated rings. The van der Waals surface area contributed by atoms with E-state index in [4.69, 9.17) is 26.2 Å². The number of carbonyl (C=O) groups excluding carboxylic acids is 1. The number of carboxylic acid groups (broad SMARTS) is 1. The molecule has 0 spiro atoms. The molecule has 1 atom stereocenters. The van der Waals surface area contributed by atoms with Crippen LogP contribution in [0.2, 0.25) is 5.15 Å². The van der Waals surface area contributed by atoms with Crippen LogP contribution in [-0.2, 0) is 9.59 Å². The summed E-state index contributed by atoms with van der Waals surface area (Å²) in [5.41, 5.74) is 2.77. The van der Waals surface area contributed by atoms with Crippen LogP contribution in [0.1, 0.15) is 36.4 Å². The van der Waals surface area contributed by atoms with E-state index in [2.05, 4.69) is 10.1 Å². The van der Waals surface area contributed by atoms with Crippen molar-refractivity contribution in [3.8, 4) is 11.5 Å². The molecule has 8 nitrogen and oxygen atoms in total. The standard InChI is InChI=1S/C24H22ClN3O5/c1-32-16-10-15-11-17(24(25)26-23(15)20(12-16)33-2)19-13-18(14-6-4-3-5-7-14)27-28(19)21(29)8-9-22(30)31/h3-7,10-12,19H,8-9,13H2,1-2H3,(H,30,31)/t19-/m0/s1. The highest BCUT2D eigenvalue weighted by Crippen LogP contribution is 2.39. The summed E-state index contributed by atoms with van der Waals surface area (Å²) in [4.78, 5) is 28.5. The molecule has 9 heteroatoms. The van der Waals surface area contributed by atoms with E-state index in [9.17, 15) is 9.59 Å². The van der Waals surface area contributed by atoms with Crippen molar-refractivity contribution in [3.63, 3.8) is 0 Å². The van der Waals surface area contributed by atoms with E-state index >= 15 is 0 Å². The zero-order valence-corrected chi connectivity index (χ0v) is 18.9. The normalized spacial score (nSPS) is 15.4. The van der Waals surface area contributed by atoms with Gasteiger partial charge in [-0.25, -0.2) is 9.99 Å². The molecule has 33 heavy (non-hydrogen) atoms. The number of halogens is 1. The molecule has 0 bridgehead atoms. The number of amides is 1. The van der Waals surface area contributed by atoms with Gasteiger partial charge in [0.2, 0.25) is 5.91 Å². The lowest BCUT2D eigenvalue weighted by Crippen LogP contribution is -2.27. The number of aliphatic carboxylic acids is 1. The Morgan fingerprint density at radius 3 is 2.55 bits per heavy atom. The molecule has 0 aliphatic carbocycles. The second-order valence-electron chi connectivity index (χ2n) is 7.53. The molecule has 0 saturated heterocycles. The van der Waals surface area contributed by atoms with E-state index in [1.54, 1.807) is 13.2 Å². The topological polar surface area (TPSA) is 101 Å². The summed E-state index contributed by atoms with van der Waals surface area (Å²) in [7, 11) is 3.10. The van der Waals surface area contributed by atoms with Crippen molar-refractivity contribution in [2.45, 2.75) is 25.3 Å². The van der Waals surface area contributed by atoms with Crippen LogP contribution >= 0.6 is 11.6 Å². The molecule has 170 valence electrons. The first-order chi connectivity index (χ1) is 15.9. The highest BCUT2D eigenvalue weighted by atomic mass is 35.5. The van der Waals surface area contributed by atoms with Gasteiger partial charge in [0, 0.05) is 29.9 Å². The molecule has 1 aliphatic rings. The van der Waals surface area contributed by atoms with Gasteiger partial charge in [0.05, 0.1) is 32.4 Å². The number of hydrogen-bond acceptors (Lipinski definition) is 6. The van der Waals surface area contributed by atoms with Gasteiger partial charge in [-0.3, -0.25) is 9.59 Å². The lowest BCUT2D eigenvalue weighted by Gasteiger charge is -2.23. The van der Waals surface area contributed by atoms with Gasteiger partial charge in [0.25, 0.3) is 0 Å². The first-order valence-electron chi connectivity index (χ1n) is 10.3. The molecule has 1 aliphatic heterocycles. The number of nitrogens with zero attached hydrogens (tertiary/aromatic N) is 3. The third-order valence-corrected chi connectivity index (χ3v) is 5.78. The molecule has 0 saturated carbocycles. The molecule has 3 aromatic rings. The van der Waals surface area contributed by atoms with Gasteiger partial charge >= 0.3 is 5.97 Å². The van der Waals surface area contributed by atoms with E-state index < -0.39 is 17.9 Å². The third-order valence-electron chi connectivity index (χ3n) is 5.48. The SMILES string of the molecule is COc1cc(OC)c2nc(Cl)c([C@@H]3CC(c4ccccc4)=NN3C(=O)CCC(=O)O)cc2c1. The van der Waals surface area contributed by atoms with Gasteiger partial charge in [-0.2, -0.15) is 5.10 Å². The third kappa shape index (κ3) is 4.61. The minimum Gasteiger partial charge on any atom is -0.497 e. The van der Waals surface area contributed by atoms with Gasteiger partial charge in [0.15, 0.2) is 0 Å². The van der Waals surface area contributed by atoms with E-state index in [1.807, 2.05) is 42.5 Å². The maximum Gasteiger partial charge on any atom is 0.303 e. The Hall–Kier alpha value is -3.65. The number of carboxylic acids is 1. The molecule has 1 amide bonds. The Balaban J connectivity index is 1.78. The number of hydrazone groups is 1. The Labute approximate surface area is 195 Å². The molecule has 1 aromatic heterocycles. The number of pyridine rings is 1. The number of benzene rings is 2. The van der Waals surface area contributed by atoms with E-state index in [1.165, 1.54) is 12.1 Å². The summed E-state index contributed by atoms with van der Waals surface area (Å²) in [5, 5.41) is 15.9. The van der Waals surface area contributed by atoms with E-state index in [-0.39, 0.29) is 18.0 Å². The zero-order valence-electron chi connectivity index (χ0n) is 18.1. The number of rotatable bonds is 7. The predicted octanol–water partition coefficient (Wildman–Crippen LogP) is 4.45. The second-order valence-corrected chi connectivity index (χ2v) is 7.89. The highest BCUT2D eigenvalue weighted by molar-refractivity contribution is 6.30. The van der Waals surface area contributed by atoms with Crippen molar-refractivity contribution in [2.75, 3.05) is 14.2 Å².